The summed E-state index contributed by atoms with van der Waals surface area (Å²) >= 11 is 0. The fourth-order valence-corrected chi connectivity index (χ4v) is 4.13. The molecule has 2 heterocycles. The highest BCUT2D eigenvalue weighted by atomic mass is 16.6. The summed E-state index contributed by atoms with van der Waals surface area (Å²) in [4.78, 5) is 52.2. The van der Waals surface area contributed by atoms with E-state index in [1.54, 1.807) is 32.9 Å². The smallest absolute Gasteiger partial charge is 0.411 e. The lowest BCUT2D eigenvalue weighted by Gasteiger charge is -2.37. The molecule has 0 aliphatic carbocycles. The zero-order chi connectivity index (χ0) is 23.5. The van der Waals surface area contributed by atoms with Gasteiger partial charge in [0, 0.05) is 19.0 Å². The predicted octanol–water partition coefficient (Wildman–Crippen LogP) is 1.70. The molecule has 0 radical (unpaired) electrons. The van der Waals surface area contributed by atoms with Gasteiger partial charge >= 0.3 is 12.1 Å². The van der Waals surface area contributed by atoms with Gasteiger partial charge in [-0.05, 0) is 51.2 Å². The number of benzene rings is 1. The molecule has 2 aliphatic heterocycles. The molecule has 1 aromatic carbocycles. The van der Waals surface area contributed by atoms with Crippen LogP contribution in [0.25, 0.3) is 0 Å². The van der Waals surface area contributed by atoms with Crippen molar-refractivity contribution in [3.8, 4) is 0 Å². The summed E-state index contributed by atoms with van der Waals surface area (Å²) in [6, 6.07) is 5.44. The van der Waals surface area contributed by atoms with Gasteiger partial charge in [-0.15, -0.1) is 0 Å². The molecule has 0 saturated carbocycles. The first-order chi connectivity index (χ1) is 15.1. The van der Waals surface area contributed by atoms with Crippen molar-refractivity contribution in [2.75, 3.05) is 20.2 Å². The Bertz CT molecular complexity index is 894. The molecule has 1 fully saturated rings. The lowest BCUT2D eigenvalue weighted by Crippen LogP contribution is -2.52. The first-order valence-electron chi connectivity index (χ1n) is 10.8. The largest absolute Gasteiger partial charge is 0.467 e. The average Bonchev–Trinajstić information content (AvgIpc) is 3.14. The standard InChI is InChI=1S/C23H31N3O6/c1-23(2,3)32-22(30)26-12-10-14-7-5-6-8-16(14)18(26)20(28)25-17(21(29)31-4)13-15-9-11-24-19(15)27/h5-8,15,17-18H,9-13H2,1-4H3,(H,24,27)(H,25,28)/t15-,17?,18-/m0/s1. The number of ether oxygens (including phenoxy) is 2. The van der Waals surface area contributed by atoms with Gasteiger partial charge in [-0.2, -0.15) is 0 Å². The Morgan fingerprint density at radius 3 is 2.59 bits per heavy atom. The number of nitrogens with zero attached hydrogens (tertiary/aromatic N) is 1. The van der Waals surface area contributed by atoms with Gasteiger partial charge in [0.25, 0.3) is 0 Å². The van der Waals surface area contributed by atoms with Crippen molar-refractivity contribution in [2.24, 2.45) is 5.92 Å². The van der Waals surface area contributed by atoms with Crippen molar-refractivity contribution in [2.45, 2.75) is 57.7 Å². The fourth-order valence-electron chi connectivity index (χ4n) is 4.13. The third kappa shape index (κ3) is 5.38. The first kappa shape index (κ1) is 23.6. The van der Waals surface area contributed by atoms with Gasteiger partial charge in [-0.3, -0.25) is 14.5 Å². The van der Waals surface area contributed by atoms with E-state index in [4.69, 9.17) is 9.47 Å². The summed E-state index contributed by atoms with van der Waals surface area (Å²) < 4.78 is 10.4. The van der Waals surface area contributed by atoms with Gasteiger partial charge in [0.15, 0.2) is 0 Å². The minimum atomic E-state index is -1.00. The number of nitrogens with one attached hydrogen (secondary N) is 2. The second kappa shape index (κ2) is 9.58. The van der Waals surface area contributed by atoms with Crippen molar-refractivity contribution in [1.82, 2.24) is 15.5 Å². The lowest BCUT2D eigenvalue weighted by molar-refractivity contribution is -0.146. The third-order valence-electron chi connectivity index (χ3n) is 5.64. The van der Waals surface area contributed by atoms with Crippen LogP contribution in [0.2, 0.25) is 0 Å². The van der Waals surface area contributed by atoms with E-state index >= 15 is 0 Å². The molecule has 9 nitrogen and oxygen atoms in total. The minimum absolute atomic E-state index is 0.130. The molecule has 32 heavy (non-hydrogen) atoms. The number of esters is 1. The maximum absolute atomic E-state index is 13.5. The normalized spacial score (nSPS) is 21.2. The molecule has 3 atom stereocenters. The molecule has 2 aliphatic rings. The molecule has 1 saturated heterocycles. The van der Waals surface area contributed by atoms with Crippen molar-refractivity contribution in [3.63, 3.8) is 0 Å². The molecule has 0 bridgehead atoms. The van der Waals surface area contributed by atoms with Crippen molar-refractivity contribution >= 4 is 23.9 Å². The SMILES string of the molecule is COC(=O)C(C[C@@H]1CCNC1=O)NC(=O)[C@@H]1c2ccccc2CCN1C(=O)OC(C)(C)C. The third-order valence-corrected chi connectivity index (χ3v) is 5.64. The Morgan fingerprint density at radius 2 is 1.97 bits per heavy atom. The van der Waals surface area contributed by atoms with Crippen molar-refractivity contribution in [3.05, 3.63) is 35.4 Å². The van der Waals surface area contributed by atoms with Gasteiger partial charge < -0.3 is 20.1 Å². The highest BCUT2D eigenvalue weighted by Gasteiger charge is 2.40. The van der Waals surface area contributed by atoms with E-state index in [1.165, 1.54) is 12.0 Å². The molecular weight excluding hydrogens is 414 g/mol. The van der Waals surface area contributed by atoms with Crippen LogP contribution in [0.3, 0.4) is 0 Å². The van der Waals surface area contributed by atoms with Crippen LogP contribution >= 0.6 is 0 Å². The highest BCUT2D eigenvalue weighted by Crippen LogP contribution is 2.31. The summed E-state index contributed by atoms with van der Waals surface area (Å²) in [5.74, 6) is -1.69. The predicted molar refractivity (Wildman–Crippen MR) is 116 cm³/mol. The molecule has 1 aromatic rings. The van der Waals surface area contributed by atoms with Gasteiger partial charge in [-0.25, -0.2) is 9.59 Å². The van der Waals surface area contributed by atoms with E-state index in [0.29, 0.717) is 31.5 Å². The quantitative estimate of drug-likeness (QED) is 0.667. The second-order valence-corrected chi connectivity index (χ2v) is 9.12. The molecule has 3 rings (SSSR count). The number of carbonyl (C=O) groups excluding carboxylic acids is 4. The Kier molecular flexibility index (Phi) is 7.06. The Hall–Kier alpha value is -3.10. The monoisotopic (exact) mass is 445 g/mol. The molecule has 3 amide bonds. The van der Waals surface area contributed by atoms with E-state index in [2.05, 4.69) is 10.6 Å². The Balaban J connectivity index is 1.87. The zero-order valence-corrected chi connectivity index (χ0v) is 19.0. The Labute approximate surface area is 187 Å². The summed E-state index contributed by atoms with van der Waals surface area (Å²) in [5, 5.41) is 5.46. The van der Waals surface area contributed by atoms with Crippen LogP contribution in [0.15, 0.2) is 24.3 Å². The van der Waals surface area contributed by atoms with Gasteiger partial charge in [0.1, 0.15) is 17.7 Å². The number of fused-ring (bicyclic) bond motifs is 1. The molecule has 174 valence electrons. The van der Waals surface area contributed by atoms with Crippen molar-refractivity contribution in [1.29, 1.82) is 0 Å². The Morgan fingerprint density at radius 1 is 1.25 bits per heavy atom. The van der Waals surface area contributed by atoms with Crippen LogP contribution in [0, 0.1) is 5.92 Å². The number of amides is 3. The number of hydrogen-bond acceptors (Lipinski definition) is 6. The molecular formula is C23H31N3O6. The summed E-state index contributed by atoms with van der Waals surface area (Å²) in [6.45, 7) is 6.12. The van der Waals surface area contributed by atoms with Crippen LogP contribution in [-0.2, 0) is 30.3 Å². The number of rotatable bonds is 5. The van der Waals surface area contributed by atoms with E-state index in [1.807, 2.05) is 12.1 Å². The van der Waals surface area contributed by atoms with E-state index in [9.17, 15) is 19.2 Å². The first-order valence-corrected chi connectivity index (χ1v) is 10.8. The van der Waals surface area contributed by atoms with Crippen LogP contribution < -0.4 is 10.6 Å². The fraction of sp³-hybridized carbons (Fsp3) is 0.565. The van der Waals surface area contributed by atoms with Crippen LogP contribution in [0.5, 0.6) is 0 Å². The van der Waals surface area contributed by atoms with E-state index in [0.717, 1.165) is 5.56 Å². The molecule has 2 N–H and O–H groups in total. The highest BCUT2D eigenvalue weighted by molar-refractivity contribution is 5.91. The zero-order valence-electron chi connectivity index (χ0n) is 19.0. The number of hydrogen-bond donors (Lipinski definition) is 2. The van der Waals surface area contributed by atoms with Gasteiger partial charge in [0.05, 0.1) is 7.11 Å². The maximum atomic E-state index is 13.5. The molecule has 9 heteroatoms. The van der Waals surface area contributed by atoms with Crippen LogP contribution in [0.4, 0.5) is 4.79 Å². The summed E-state index contributed by atoms with van der Waals surface area (Å²) in [7, 11) is 1.24. The molecule has 1 unspecified atom stereocenters. The number of carbonyl (C=O) groups is 4. The van der Waals surface area contributed by atoms with Crippen LogP contribution in [-0.4, -0.2) is 60.6 Å². The van der Waals surface area contributed by atoms with Crippen molar-refractivity contribution < 1.29 is 28.7 Å². The number of methoxy groups -OCH3 is 1. The average molecular weight is 446 g/mol. The summed E-state index contributed by atoms with van der Waals surface area (Å²) in [5.41, 5.74) is 0.918. The second-order valence-electron chi connectivity index (χ2n) is 9.12. The maximum Gasteiger partial charge on any atom is 0.411 e. The minimum Gasteiger partial charge on any atom is -0.467 e. The summed E-state index contributed by atoms with van der Waals surface area (Å²) in [6.07, 6.45) is 0.697. The van der Waals surface area contributed by atoms with E-state index in [-0.39, 0.29) is 18.2 Å². The van der Waals surface area contributed by atoms with Crippen LogP contribution in [0.1, 0.15) is 50.8 Å². The van der Waals surface area contributed by atoms with Gasteiger partial charge in [0.2, 0.25) is 11.8 Å². The lowest BCUT2D eigenvalue weighted by atomic mass is 9.91. The van der Waals surface area contributed by atoms with E-state index < -0.39 is 35.7 Å². The van der Waals surface area contributed by atoms with Gasteiger partial charge in [-0.1, -0.05) is 24.3 Å². The topological polar surface area (TPSA) is 114 Å². The molecule has 0 spiro atoms. The molecule has 0 aromatic heterocycles.